The Morgan fingerprint density at radius 2 is 1.83 bits per heavy atom. The molecule has 0 saturated carbocycles. The van der Waals surface area contributed by atoms with Crippen LogP contribution in [0.2, 0.25) is 5.15 Å². The second-order valence-electron chi connectivity index (χ2n) is 6.42. The fourth-order valence-electron chi connectivity index (χ4n) is 2.47. The number of ether oxygens (including phenoxy) is 2. The number of anilines is 1. The average Bonchev–Trinajstić information content (AvgIpc) is 2.70. The van der Waals surface area contributed by atoms with Crippen LogP contribution in [0, 0.1) is 6.92 Å². The van der Waals surface area contributed by atoms with Gasteiger partial charge in [0.05, 0.1) is 11.6 Å². The van der Waals surface area contributed by atoms with Crippen molar-refractivity contribution in [2.75, 3.05) is 11.9 Å². The number of hydrogen-bond acceptors (Lipinski definition) is 6. The lowest BCUT2D eigenvalue weighted by atomic mass is 10.2. The predicted octanol–water partition coefficient (Wildman–Crippen LogP) is 5.52. The summed E-state index contributed by atoms with van der Waals surface area (Å²) in [6.45, 7) is 3.91. The van der Waals surface area contributed by atoms with Crippen LogP contribution in [-0.2, 0) is 6.18 Å². The summed E-state index contributed by atoms with van der Waals surface area (Å²) in [5.74, 6) is 1.02. The maximum absolute atomic E-state index is 12.9. The molecule has 0 aliphatic rings. The summed E-state index contributed by atoms with van der Waals surface area (Å²) in [4.78, 5) is 11.9. The molecule has 1 aromatic carbocycles. The highest BCUT2D eigenvalue weighted by Crippen LogP contribution is 2.34. The molecule has 30 heavy (non-hydrogen) atoms. The largest absolute Gasteiger partial charge is 0.488 e. The van der Waals surface area contributed by atoms with Crippen molar-refractivity contribution < 1.29 is 22.6 Å². The normalized spacial score (nSPS) is 12.3. The molecule has 0 amide bonds. The minimum absolute atomic E-state index is 0.158. The van der Waals surface area contributed by atoms with Gasteiger partial charge in [-0.25, -0.2) is 15.0 Å². The van der Waals surface area contributed by atoms with Crippen LogP contribution < -0.4 is 14.8 Å². The fraction of sp³-hybridized carbons (Fsp3) is 0.250. The lowest BCUT2D eigenvalue weighted by Crippen LogP contribution is -2.24. The number of pyridine rings is 1. The molecule has 0 bridgehead atoms. The van der Waals surface area contributed by atoms with Gasteiger partial charge in [0, 0.05) is 17.8 Å². The van der Waals surface area contributed by atoms with Crippen LogP contribution in [0.15, 0.2) is 48.9 Å². The molecule has 1 unspecified atom stereocenters. The Hall–Kier alpha value is -3.07. The van der Waals surface area contributed by atoms with Crippen LogP contribution in [0.1, 0.15) is 18.1 Å². The van der Waals surface area contributed by atoms with Gasteiger partial charge in [0.1, 0.15) is 23.9 Å². The Balaban J connectivity index is 1.68. The van der Waals surface area contributed by atoms with Gasteiger partial charge in [0.15, 0.2) is 11.5 Å². The first-order valence-corrected chi connectivity index (χ1v) is 9.28. The van der Waals surface area contributed by atoms with Gasteiger partial charge >= 0.3 is 6.18 Å². The second-order valence-corrected chi connectivity index (χ2v) is 6.78. The van der Waals surface area contributed by atoms with Gasteiger partial charge in [-0.15, -0.1) is 0 Å². The lowest BCUT2D eigenvalue weighted by Gasteiger charge is -2.18. The highest BCUT2D eigenvalue weighted by Gasteiger charge is 2.31. The Kier molecular flexibility index (Phi) is 6.61. The third kappa shape index (κ3) is 5.50. The summed E-state index contributed by atoms with van der Waals surface area (Å²) in [5, 5.41) is 3.53. The maximum atomic E-state index is 12.9. The number of nitrogens with one attached hydrogen (secondary N) is 1. The zero-order chi connectivity index (χ0) is 21.7. The Morgan fingerprint density at radius 1 is 1.10 bits per heavy atom. The van der Waals surface area contributed by atoms with E-state index in [0.29, 0.717) is 22.3 Å². The minimum atomic E-state index is -4.49. The molecule has 6 nitrogen and oxygen atoms in total. The van der Waals surface area contributed by atoms with Crippen LogP contribution in [-0.4, -0.2) is 27.6 Å². The molecule has 3 aromatic rings. The van der Waals surface area contributed by atoms with Crippen molar-refractivity contribution in [1.29, 1.82) is 0 Å². The molecule has 158 valence electrons. The quantitative estimate of drug-likeness (QED) is 0.489. The summed E-state index contributed by atoms with van der Waals surface area (Å²) in [7, 11) is 0. The first-order valence-electron chi connectivity index (χ1n) is 8.90. The molecule has 0 radical (unpaired) electrons. The molecule has 0 fully saturated rings. The van der Waals surface area contributed by atoms with E-state index in [4.69, 9.17) is 21.1 Å². The highest BCUT2D eigenvalue weighted by molar-refractivity contribution is 6.30. The van der Waals surface area contributed by atoms with Gasteiger partial charge in [-0.3, -0.25) is 0 Å². The van der Waals surface area contributed by atoms with E-state index in [0.717, 1.165) is 18.3 Å². The Labute approximate surface area is 176 Å². The van der Waals surface area contributed by atoms with Crippen molar-refractivity contribution in [3.05, 3.63) is 65.2 Å². The van der Waals surface area contributed by atoms with E-state index in [-0.39, 0.29) is 24.3 Å². The van der Waals surface area contributed by atoms with Gasteiger partial charge < -0.3 is 14.8 Å². The van der Waals surface area contributed by atoms with Crippen LogP contribution in [0.4, 0.5) is 19.0 Å². The lowest BCUT2D eigenvalue weighted by molar-refractivity contribution is -0.137. The summed E-state index contributed by atoms with van der Waals surface area (Å²) in [6.07, 6.45) is -2.08. The predicted molar refractivity (Wildman–Crippen MR) is 106 cm³/mol. The van der Waals surface area contributed by atoms with Gasteiger partial charge in [-0.2, -0.15) is 13.2 Å². The summed E-state index contributed by atoms with van der Waals surface area (Å²) in [5.41, 5.74) is -0.132. The van der Waals surface area contributed by atoms with Crippen molar-refractivity contribution in [3.8, 4) is 17.4 Å². The van der Waals surface area contributed by atoms with Crippen LogP contribution in [0.3, 0.4) is 0 Å². The highest BCUT2D eigenvalue weighted by atomic mass is 35.5. The second kappa shape index (κ2) is 9.17. The van der Waals surface area contributed by atoms with E-state index in [9.17, 15) is 13.2 Å². The SMILES string of the molecule is Cc1c(Cl)ncnc1NC(C)COc1ccccc1Oc1cc(C(F)(F)F)ccn1. The molecular formula is C20H18ClF3N4O2. The van der Waals surface area contributed by atoms with Crippen LogP contribution >= 0.6 is 11.6 Å². The fourth-order valence-corrected chi connectivity index (χ4v) is 2.61. The van der Waals surface area contributed by atoms with E-state index >= 15 is 0 Å². The molecule has 3 rings (SSSR count). The maximum Gasteiger partial charge on any atom is 0.416 e. The van der Waals surface area contributed by atoms with Gasteiger partial charge in [0.25, 0.3) is 0 Å². The molecule has 0 saturated heterocycles. The van der Waals surface area contributed by atoms with Crippen LogP contribution in [0.5, 0.6) is 17.4 Å². The van der Waals surface area contributed by atoms with Gasteiger partial charge in [-0.05, 0) is 32.0 Å². The number of alkyl halides is 3. The van der Waals surface area contributed by atoms with Gasteiger partial charge in [0.2, 0.25) is 5.88 Å². The zero-order valence-corrected chi connectivity index (χ0v) is 16.8. The number of para-hydroxylation sites is 2. The number of rotatable bonds is 7. The Bertz CT molecular complexity index is 1020. The standard InChI is InChI=1S/C20H18ClF3N4O2/c1-12(28-19-13(2)18(21)26-11-27-19)10-29-15-5-3-4-6-16(15)30-17-9-14(7-8-25-17)20(22,23)24/h3-9,11-12H,10H2,1-2H3,(H,26,27,28). The third-order valence-corrected chi connectivity index (χ3v) is 4.40. The first kappa shape index (κ1) is 21.6. The summed E-state index contributed by atoms with van der Waals surface area (Å²) in [6, 6.07) is 8.21. The average molecular weight is 439 g/mol. The van der Waals surface area contributed by atoms with Crippen molar-refractivity contribution in [1.82, 2.24) is 15.0 Å². The van der Waals surface area contributed by atoms with E-state index in [2.05, 4.69) is 20.3 Å². The van der Waals surface area contributed by atoms with Crippen molar-refractivity contribution in [2.24, 2.45) is 0 Å². The van der Waals surface area contributed by atoms with Crippen molar-refractivity contribution >= 4 is 17.4 Å². The van der Waals surface area contributed by atoms with E-state index in [1.54, 1.807) is 31.2 Å². The molecule has 2 heterocycles. The van der Waals surface area contributed by atoms with E-state index < -0.39 is 11.7 Å². The molecule has 0 aliphatic carbocycles. The monoisotopic (exact) mass is 438 g/mol. The molecule has 1 N–H and O–H groups in total. The molecule has 2 aromatic heterocycles. The number of halogens is 4. The summed E-state index contributed by atoms with van der Waals surface area (Å²) >= 11 is 5.99. The molecular weight excluding hydrogens is 421 g/mol. The van der Waals surface area contributed by atoms with Gasteiger partial charge in [-0.1, -0.05) is 23.7 Å². The smallest absolute Gasteiger partial charge is 0.416 e. The number of hydrogen-bond donors (Lipinski definition) is 1. The van der Waals surface area contributed by atoms with E-state index in [1.165, 1.54) is 6.33 Å². The van der Waals surface area contributed by atoms with Crippen molar-refractivity contribution in [3.63, 3.8) is 0 Å². The topological polar surface area (TPSA) is 69.2 Å². The number of aromatic nitrogens is 3. The zero-order valence-electron chi connectivity index (χ0n) is 16.1. The first-order chi connectivity index (χ1) is 14.2. The molecule has 0 aliphatic heterocycles. The van der Waals surface area contributed by atoms with Crippen molar-refractivity contribution in [2.45, 2.75) is 26.1 Å². The molecule has 10 heteroatoms. The molecule has 1 atom stereocenters. The number of nitrogens with zero attached hydrogens (tertiary/aromatic N) is 3. The number of benzene rings is 1. The Morgan fingerprint density at radius 3 is 2.57 bits per heavy atom. The molecule has 0 spiro atoms. The van der Waals surface area contributed by atoms with E-state index in [1.807, 2.05) is 6.92 Å². The van der Waals surface area contributed by atoms with Crippen LogP contribution in [0.25, 0.3) is 0 Å². The minimum Gasteiger partial charge on any atom is -0.488 e. The third-order valence-electron chi connectivity index (χ3n) is 4.02. The summed E-state index contributed by atoms with van der Waals surface area (Å²) < 4.78 is 50.0.